The van der Waals surface area contributed by atoms with E-state index in [9.17, 15) is 0 Å². The van der Waals surface area contributed by atoms with E-state index < -0.39 is 0 Å². The fraction of sp³-hybridized carbons (Fsp3) is 1.00. The number of nitrogens with zero attached hydrogens (tertiary/aromatic N) is 1. The van der Waals surface area contributed by atoms with Gasteiger partial charge in [0.05, 0.1) is 0 Å². The number of methoxy groups -OCH3 is 1. The lowest BCUT2D eigenvalue weighted by Crippen LogP contribution is -2.36. The number of nitrogens with one attached hydrogen (secondary N) is 1. The molecule has 0 saturated heterocycles. The normalized spacial score (nSPS) is 20.2. The minimum absolute atomic E-state index is 0.170. The molecule has 3 nitrogen and oxygen atoms in total. The first-order valence-electron chi connectivity index (χ1n) is 17.3. The molecule has 0 spiro atoms. The topological polar surface area (TPSA) is 24.5 Å². The largest absolute Gasteiger partial charge is 0.367 e. The molecule has 0 saturated carbocycles. The smallest absolute Gasteiger partial charge is 0.107 e. The summed E-state index contributed by atoms with van der Waals surface area (Å²) in [5.41, 5.74) is 0. The number of hydrogen-bond donors (Lipinski definition) is 1. The highest BCUT2D eigenvalue weighted by Gasteiger charge is 2.29. The van der Waals surface area contributed by atoms with Gasteiger partial charge in [-0.15, -0.1) is 0 Å². The van der Waals surface area contributed by atoms with Gasteiger partial charge < -0.3 is 9.64 Å². The Morgan fingerprint density at radius 1 is 0.615 bits per heavy atom. The van der Waals surface area contributed by atoms with Crippen molar-refractivity contribution in [3.63, 3.8) is 0 Å². The third kappa shape index (κ3) is 16.2. The fourth-order valence-corrected chi connectivity index (χ4v) is 6.91. The van der Waals surface area contributed by atoms with Gasteiger partial charge in [0.1, 0.15) is 6.23 Å². The number of unbranched alkanes of at least 4 members (excludes halogenated alkanes) is 2. The van der Waals surface area contributed by atoms with E-state index in [2.05, 4.69) is 93.5 Å². The summed E-state index contributed by atoms with van der Waals surface area (Å²) in [6.07, 6.45) is 14.8. The summed E-state index contributed by atoms with van der Waals surface area (Å²) in [6, 6.07) is 0. The van der Waals surface area contributed by atoms with Crippen LogP contribution in [0.3, 0.4) is 0 Å². The van der Waals surface area contributed by atoms with E-state index in [1.54, 1.807) is 0 Å². The lowest BCUT2D eigenvalue weighted by Gasteiger charge is -2.35. The van der Waals surface area contributed by atoms with Gasteiger partial charge in [0, 0.05) is 13.7 Å². The second kappa shape index (κ2) is 22.5. The van der Waals surface area contributed by atoms with Crippen LogP contribution in [0.15, 0.2) is 0 Å². The predicted molar refractivity (Wildman–Crippen MR) is 176 cm³/mol. The predicted octanol–water partition coefficient (Wildman–Crippen LogP) is 10.1. The average Bonchev–Trinajstić information content (AvgIpc) is 2.91. The highest BCUT2D eigenvalue weighted by Crippen LogP contribution is 2.35. The average molecular weight is 553 g/mol. The standard InChI is InChI=1S/C36H76N2O/c1-14-17-18-21-34(16-3)29(6)23-24-37-36(39-13)25-30(7)32(9)33(10)31(8)28(5)20-19-22-35(26-38(11)12)27(4)15-2/h27-37H,14-26H2,1-13H3. The SMILES string of the molecule is CCCCCC(CC)C(C)CCNC(CC(C)C(C)C(C)C(C)C(C)CCCC(CN(C)C)C(C)CC)OC. The van der Waals surface area contributed by atoms with Gasteiger partial charge in [-0.05, 0) is 93.2 Å². The summed E-state index contributed by atoms with van der Waals surface area (Å²) in [5, 5.41) is 3.76. The summed E-state index contributed by atoms with van der Waals surface area (Å²) in [6.45, 7) is 26.7. The van der Waals surface area contributed by atoms with Crippen LogP contribution in [0.5, 0.6) is 0 Å². The molecule has 0 heterocycles. The molecule has 0 aliphatic rings. The molecule has 0 aromatic rings. The Morgan fingerprint density at radius 3 is 1.77 bits per heavy atom. The van der Waals surface area contributed by atoms with E-state index in [0.717, 1.165) is 54.4 Å². The monoisotopic (exact) mass is 553 g/mol. The Kier molecular flexibility index (Phi) is 22.4. The molecule has 10 unspecified atom stereocenters. The van der Waals surface area contributed by atoms with Gasteiger partial charge in [-0.2, -0.15) is 0 Å². The van der Waals surface area contributed by atoms with Crippen LogP contribution >= 0.6 is 0 Å². The highest BCUT2D eigenvalue weighted by molar-refractivity contribution is 4.78. The van der Waals surface area contributed by atoms with Crippen molar-refractivity contribution in [3.05, 3.63) is 0 Å². The zero-order valence-electron chi connectivity index (χ0n) is 29.3. The Morgan fingerprint density at radius 2 is 1.23 bits per heavy atom. The van der Waals surface area contributed by atoms with Gasteiger partial charge in [0.2, 0.25) is 0 Å². The second-order valence-corrected chi connectivity index (χ2v) is 14.2. The van der Waals surface area contributed by atoms with Crippen LogP contribution in [0.1, 0.15) is 140 Å². The number of hydrogen-bond acceptors (Lipinski definition) is 3. The van der Waals surface area contributed by atoms with Crippen molar-refractivity contribution in [2.24, 2.45) is 53.3 Å². The van der Waals surface area contributed by atoms with Crippen molar-refractivity contribution in [2.75, 3.05) is 34.3 Å². The second-order valence-electron chi connectivity index (χ2n) is 14.2. The molecule has 0 radical (unpaired) electrons. The third-order valence-corrected chi connectivity index (χ3v) is 11.1. The molecule has 39 heavy (non-hydrogen) atoms. The lowest BCUT2D eigenvalue weighted by atomic mass is 9.72. The molecule has 0 rings (SSSR count). The fourth-order valence-electron chi connectivity index (χ4n) is 6.91. The van der Waals surface area contributed by atoms with E-state index in [1.807, 2.05) is 7.11 Å². The number of ether oxygens (including phenoxy) is 1. The Hall–Kier alpha value is -0.120. The minimum Gasteiger partial charge on any atom is -0.367 e. The summed E-state index contributed by atoms with van der Waals surface area (Å²) < 4.78 is 5.92. The minimum atomic E-state index is 0.170. The van der Waals surface area contributed by atoms with Gasteiger partial charge in [-0.25, -0.2) is 0 Å². The summed E-state index contributed by atoms with van der Waals surface area (Å²) >= 11 is 0. The van der Waals surface area contributed by atoms with Crippen molar-refractivity contribution in [1.29, 1.82) is 0 Å². The van der Waals surface area contributed by atoms with Crippen LogP contribution in [0.4, 0.5) is 0 Å². The van der Waals surface area contributed by atoms with Gasteiger partial charge >= 0.3 is 0 Å². The molecule has 0 aliphatic carbocycles. The van der Waals surface area contributed by atoms with Crippen LogP contribution in [0, 0.1) is 53.3 Å². The molecular formula is C36H76N2O. The van der Waals surface area contributed by atoms with Gasteiger partial charge in [0.15, 0.2) is 0 Å². The third-order valence-electron chi connectivity index (χ3n) is 11.1. The van der Waals surface area contributed by atoms with Crippen molar-refractivity contribution >= 4 is 0 Å². The Bertz CT molecular complexity index is 552. The van der Waals surface area contributed by atoms with E-state index in [-0.39, 0.29) is 6.23 Å². The first-order valence-corrected chi connectivity index (χ1v) is 17.3. The van der Waals surface area contributed by atoms with Gasteiger partial charge in [-0.1, -0.05) is 121 Å². The maximum Gasteiger partial charge on any atom is 0.107 e. The molecule has 0 aromatic heterocycles. The van der Waals surface area contributed by atoms with Crippen LogP contribution in [0.2, 0.25) is 0 Å². The van der Waals surface area contributed by atoms with E-state index in [4.69, 9.17) is 4.74 Å². The van der Waals surface area contributed by atoms with Gasteiger partial charge in [0.25, 0.3) is 0 Å². The van der Waals surface area contributed by atoms with Crippen molar-refractivity contribution in [3.8, 4) is 0 Å². The van der Waals surface area contributed by atoms with E-state index in [0.29, 0.717) is 11.8 Å². The van der Waals surface area contributed by atoms with Crippen LogP contribution in [-0.2, 0) is 4.74 Å². The molecule has 1 N–H and O–H groups in total. The van der Waals surface area contributed by atoms with Crippen molar-refractivity contribution in [2.45, 2.75) is 146 Å². The van der Waals surface area contributed by atoms with E-state index in [1.165, 1.54) is 70.8 Å². The molecule has 3 heteroatoms. The zero-order chi connectivity index (χ0) is 30.0. The number of rotatable bonds is 25. The molecule has 10 atom stereocenters. The van der Waals surface area contributed by atoms with E-state index >= 15 is 0 Å². The molecule has 236 valence electrons. The summed E-state index contributed by atoms with van der Waals surface area (Å²) in [7, 11) is 6.34. The van der Waals surface area contributed by atoms with Crippen LogP contribution in [0.25, 0.3) is 0 Å². The molecule has 0 aromatic carbocycles. The van der Waals surface area contributed by atoms with Crippen LogP contribution in [-0.4, -0.2) is 45.4 Å². The zero-order valence-corrected chi connectivity index (χ0v) is 29.3. The van der Waals surface area contributed by atoms with Crippen LogP contribution < -0.4 is 5.32 Å². The maximum atomic E-state index is 5.92. The first kappa shape index (κ1) is 38.9. The molecular weight excluding hydrogens is 476 g/mol. The lowest BCUT2D eigenvalue weighted by molar-refractivity contribution is 0.0367. The maximum absolute atomic E-state index is 5.92. The van der Waals surface area contributed by atoms with Crippen molar-refractivity contribution in [1.82, 2.24) is 10.2 Å². The molecule has 0 bridgehead atoms. The quantitative estimate of drug-likeness (QED) is 0.0900. The Balaban J connectivity index is 4.65. The molecule has 0 amide bonds. The van der Waals surface area contributed by atoms with Crippen molar-refractivity contribution < 1.29 is 4.74 Å². The summed E-state index contributed by atoms with van der Waals surface area (Å²) in [4.78, 5) is 2.38. The first-order chi connectivity index (χ1) is 18.4. The molecule has 0 fully saturated rings. The molecule has 0 aliphatic heterocycles. The summed E-state index contributed by atoms with van der Waals surface area (Å²) in [5.74, 6) is 6.94. The van der Waals surface area contributed by atoms with Gasteiger partial charge in [-0.3, -0.25) is 5.32 Å². The highest BCUT2D eigenvalue weighted by atomic mass is 16.5. The Labute approximate surface area is 248 Å².